The third-order valence-electron chi connectivity index (χ3n) is 12.8. The molecule has 0 aromatic rings. The summed E-state index contributed by atoms with van der Waals surface area (Å²) in [4.78, 5) is 27.6. The molecule has 51 heavy (non-hydrogen) atoms. The fourth-order valence-corrected chi connectivity index (χ4v) is 8.97. The van der Waals surface area contributed by atoms with Crippen molar-refractivity contribution in [2.24, 2.45) is 29.6 Å². The number of carbonyl (C=O) groups excluding carboxylic acids is 2. The van der Waals surface area contributed by atoms with Gasteiger partial charge in [-0.25, -0.2) is 0 Å². The van der Waals surface area contributed by atoms with Crippen molar-refractivity contribution in [2.45, 2.75) is 214 Å². The summed E-state index contributed by atoms with van der Waals surface area (Å²) < 4.78 is 11.7. The normalized spacial score (nSPS) is 19.3. The summed E-state index contributed by atoms with van der Waals surface area (Å²) >= 11 is 0. The van der Waals surface area contributed by atoms with Crippen LogP contribution in [-0.4, -0.2) is 60.4 Å². The summed E-state index contributed by atoms with van der Waals surface area (Å²) in [6.07, 6.45) is 31.1. The average Bonchev–Trinajstić information content (AvgIpc) is 3.38. The molecule has 0 saturated heterocycles. The van der Waals surface area contributed by atoms with Gasteiger partial charge in [-0.05, 0) is 134 Å². The maximum absolute atomic E-state index is 12.7. The van der Waals surface area contributed by atoms with Gasteiger partial charge >= 0.3 is 11.9 Å². The highest BCUT2D eigenvalue weighted by atomic mass is 16.6. The number of rotatable bonds is 34. The van der Waals surface area contributed by atoms with E-state index in [0.29, 0.717) is 31.3 Å². The number of unbranched alkanes of at least 4 members (excludes halogenated alkanes) is 13. The van der Waals surface area contributed by atoms with Gasteiger partial charge in [-0.2, -0.15) is 0 Å². The maximum atomic E-state index is 12.7. The van der Waals surface area contributed by atoms with E-state index in [1.54, 1.807) is 0 Å². The Hall–Kier alpha value is -1.14. The highest BCUT2D eigenvalue weighted by Crippen LogP contribution is 2.54. The molecule has 0 heterocycles. The van der Waals surface area contributed by atoms with Crippen LogP contribution in [0.5, 0.6) is 0 Å². The third-order valence-corrected chi connectivity index (χ3v) is 12.8. The monoisotopic (exact) mass is 720 g/mol. The summed E-state index contributed by atoms with van der Waals surface area (Å²) in [7, 11) is 0. The van der Waals surface area contributed by atoms with Gasteiger partial charge in [-0.3, -0.25) is 9.59 Å². The van der Waals surface area contributed by atoms with Crippen LogP contribution in [0.2, 0.25) is 0 Å². The largest absolute Gasteiger partial charge is 0.466 e. The lowest BCUT2D eigenvalue weighted by Crippen LogP contribution is -2.42. The van der Waals surface area contributed by atoms with Crippen molar-refractivity contribution in [3.05, 3.63) is 0 Å². The Morgan fingerprint density at radius 2 is 1.20 bits per heavy atom. The quantitative estimate of drug-likeness (QED) is 0.0527. The van der Waals surface area contributed by atoms with Crippen LogP contribution >= 0.6 is 0 Å². The summed E-state index contributed by atoms with van der Waals surface area (Å²) in [5.41, 5.74) is -0.371. The minimum Gasteiger partial charge on any atom is -0.466 e. The van der Waals surface area contributed by atoms with E-state index in [2.05, 4.69) is 39.5 Å². The first-order valence-corrected chi connectivity index (χ1v) is 22.4. The predicted octanol–water partition coefficient (Wildman–Crippen LogP) is 11.8. The van der Waals surface area contributed by atoms with E-state index in [9.17, 15) is 14.7 Å². The molecular weight excluding hydrogens is 634 g/mol. The van der Waals surface area contributed by atoms with Gasteiger partial charge in [0.2, 0.25) is 0 Å². The summed E-state index contributed by atoms with van der Waals surface area (Å²) in [6.45, 7) is 15.3. The molecule has 300 valence electrons. The molecule has 2 rings (SSSR count). The van der Waals surface area contributed by atoms with Gasteiger partial charge in [0.15, 0.2) is 0 Å². The van der Waals surface area contributed by atoms with Crippen molar-refractivity contribution in [3.63, 3.8) is 0 Å². The smallest absolute Gasteiger partial charge is 0.306 e. The number of hydrogen-bond donors (Lipinski definition) is 1. The topological polar surface area (TPSA) is 76.1 Å². The molecule has 0 aromatic heterocycles. The Bertz CT molecular complexity index is 867. The second-order valence-electron chi connectivity index (χ2n) is 17.3. The molecule has 6 heteroatoms. The fraction of sp³-hybridized carbons (Fsp3) is 0.956. The van der Waals surface area contributed by atoms with Crippen LogP contribution in [0.15, 0.2) is 0 Å². The van der Waals surface area contributed by atoms with Gasteiger partial charge in [-0.15, -0.1) is 0 Å². The lowest BCUT2D eigenvalue weighted by molar-refractivity contribution is -0.164. The van der Waals surface area contributed by atoms with Crippen LogP contribution in [0, 0.1) is 29.6 Å². The van der Waals surface area contributed by atoms with Gasteiger partial charge < -0.3 is 19.5 Å². The molecule has 4 unspecified atom stereocenters. The molecule has 1 N–H and O–H groups in total. The second kappa shape index (κ2) is 28.3. The second-order valence-corrected chi connectivity index (χ2v) is 17.3. The molecule has 6 nitrogen and oxygen atoms in total. The number of nitrogens with zero attached hydrogens (tertiary/aromatic N) is 1. The summed E-state index contributed by atoms with van der Waals surface area (Å²) in [5, 5.41) is 9.28. The van der Waals surface area contributed by atoms with E-state index in [0.717, 1.165) is 82.3 Å². The van der Waals surface area contributed by atoms with Crippen LogP contribution < -0.4 is 0 Å². The Balaban J connectivity index is 1.50. The Morgan fingerprint density at radius 1 is 0.667 bits per heavy atom. The van der Waals surface area contributed by atoms with Crippen molar-refractivity contribution in [3.8, 4) is 0 Å². The number of aliphatic hydroxyl groups is 1. The van der Waals surface area contributed by atoms with Crippen molar-refractivity contribution < 1.29 is 24.2 Å². The minimum absolute atomic E-state index is 0.00893. The molecule has 4 atom stereocenters. The zero-order valence-corrected chi connectivity index (χ0v) is 34.5. The standard InChI is InChI=1S/C45H85NO5/c1-6-8-16-24-39(25-17-9-7-2)32-37-50-43(48)26-18-12-10-14-20-33-46(35-22-23-36-47)34-21-15-11-13-19-27-44(49)51-45(4,5)38(3)41-30-28-40-29-31-42(40)41/h38-42,47H,6-37H2,1-5H3. The van der Waals surface area contributed by atoms with Crippen molar-refractivity contribution in [1.29, 1.82) is 0 Å². The Morgan fingerprint density at radius 3 is 1.73 bits per heavy atom. The van der Waals surface area contributed by atoms with Gasteiger partial charge in [0, 0.05) is 19.4 Å². The lowest BCUT2D eigenvalue weighted by Gasteiger charge is -2.42. The van der Waals surface area contributed by atoms with E-state index >= 15 is 0 Å². The van der Waals surface area contributed by atoms with Crippen LogP contribution in [0.4, 0.5) is 0 Å². The minimum atomic E-state index is -0.371. The maximum Gasteiger partial charge on any atom is 0.306 e. The van der Waals surface area contributed by atoms with E-state index in [-0.39, 0.29) is 24.1 Å². The summed E-state index contributed by atoms with van der Waals surface area (Å²) in [5.74, 6) is 3.68. The molecule has 2 fully saturated rings. The molecular formula is C45H85NO5. The number of carbonyl (C=O) groups is 2. The molecule has 2 aliphatic rings. The number of fused-ring (bicyclic) bond motifs is 1. The number of esters is 2. The van der Waals surface area contributed by atoms with Crippen LogP contribution in [-0.2, 0) is 19.1 Å². The highest BCUT2D eigenvalue weighted by molar-refractivity contribution is 5.70. The first-order valence-electron chi connectivity index (χ1n) is 22.4. The molecule has 0 aromatic carbocycles. The van der Waals surface area contributed by atoms with Gasteiger partial charge in [0.1, 0.15) is 5.60 Å². The van der Waals surface area contributed by atoms with Crippen molar-refractivity contribution >= 4 is 11.9 Å². The molecule has 2 saturated carbocycles. The van der Waals surface area contributed by atoms with Crippen LogP contribution in [0.3, 0.4) is 0 Å². The van der Waals surface area contributed by atoms with Gasteiger partial charge in [0.25, 0.3) is 0 Å². The van der Waals surface area contributed by atoms with Crippen molar-refractivity contribution in [1.82, 2.24) is 4.90 Å². The lowest BCUT2D eigenvalue weighted by atomic mass is 9.67. The Labute approximate surface area is 316 Å². The van der Waals surface area contributed by atoms with E-state index in [4.69, 9.17) is 9.47 Å². The van der Waals surface area contributed by atoms with E-state index in [1.165, 1.54) is 116 Å². The first-order chi connectivity index (χ1) is 24.7. The summed E-state index contributed by atoms with van der Waals surface area (Å²) in [6, 6.07) is 0. The molecule has 0 amide bonds. The first kappa shape index (κ1) is 46.0. The molecule has 0 aliphatic heterocycles. The number of aliphatic hydroxyl groups excluding tert-OH is 1. The van der Waals surface area contributed by atoms with Crippen LogP contribution in [0.1, 0.15) is 208 Å². The third kappa shape index (κ3) is 20.2. The highest BCUT2D eigenvalue weighted by Gasteiger charge is 2.48. The number of hydrogen-bond acceptors (Lipinski definition) is 6. The molecule has 0 radical (unpaired) electrons. The van der Waals surface area contributed by atoms with Crippen molar-refractivity contribution in [2.75, 3.05) is 32.8 Å². The number of ether oxygens (including phenoxy) is 2. The zero-order chi connectivity index (χ0) is 37.2. The van der Waals surface area contributed by atoms with E-state index < -0.39 is 0 Å². The molecule has 0 spiro atoms. The SMILES string of the molecule is CCCCCC(CCCCC)CCOC(=O)CCCCCCCN(CCCCO)CCCCCCCC(=O)OC(C)(C)C(C)C1CCC2CCC21. The van der Waals surface area contributed by atoms with Gasteiger partial charge in [-0.1, -0.05) is 111 Å². The molecule has 0 bridgehead atoms. The fourth-order valence-electron chi connectivity index (χ4n) is 8.97. The van der Waals surface area contributed by atoms with E-state index in [1.807, 2.05) is 0 Å². The predicted molar refractivity (Wildman–Crippen MR) is 214 cm³/mol. The van der Waals surface area contributed by atoms with Gasteiger partial charge in [0.05, 0.1) is 6.61 Å². The zero-order valence-electron chi connectivity index (χ0n) is 34.5. The molecule has 2 aliphatic carbocycles. The Kier molecular flexibility index (Phi) is 25.6. The average molecular weight is 720 g/mol. The van der Waals surface area contributed by atoms with Crippen LogP contribution in [0.25, 0.3) is 0 Å².